The predicted octanol–water partition coefficient (Wildman–Crippen LogP) is 1.40. The number of halogens is 1. The smallest absolute Gasteiger partial charge is 0.229 e. The molecule has 0 spiro atoms. The van der Waals surface area contributed by atoms with Crippen LogP contribution in [0.4, 0.5) is 11.4 Å². The first kappa shape index (κ1) is 14.3. The molecule has 20 heavy (non-hydrogen) atoms. The van der Waals surface area contributed by atoms with Crippen molar-refractivity contribution >= 4 is 40.7 Å². The summed E-state index contributed by atoms with van der Waals surface area (Å²) in [7, 11) is 0. The molecule has 0 atom stereocenters. The Labute approximate surface area is 120 Å². The molecule has 0 aliphatic carbocycles. The number of nitrogens with zero attached hydrogens (tertiary/aromatic N) is 1. The van der Waals surface area contributed by atoms with Crippen LogP contribution in [0.25, 0.3) is 0 Å². The van der Waals surface area contributed by atoms with E-state index in [0.29, 0.717) is 16.4 Å². The zero-order valence-corrected chi connectivity index (χ0v) is 11.4. The monoisotopic (exact) mass is 295 g/mol. The van der Waals surface area contributed by atoms with Crippen molar-refractivity contribution < 1.29 is 14.4 Å². The van der Waals surface area contributed by atoms with E-state index in [-0.39, 0.29) is 43.5 Å². The first-order valence-electron chi connectivity index (χ1n) is 6.15. The van der Waals surface area contributed by atoms with Crippen LogP contribution in [-0.4, -0.2) is 29.2 Å². The molecule has 1 aliphatic heterocycles. The first-order chi connectivity index (χ1) is 9.47. The summed E-state index contributed by atoms with van der Waals surface area (Å²) in [6.45, 7) is 0.0942. The summed E-state index contributed by atoms with van der Waals surface area (Å²) in [6.07, 6.45) is 0.495. The van der Waals surface area contributed by atoms with Crippen molar-refractivity contribution in [3.63, 3.8) is 0 Å². The number of rotatable bonds is 4. The second-order valence-corrected chi connectivity index (χ2v) is 4.91. The molecule has 0 saturated carbocycles. The van der Waals surface area contributed by atoms with Gasteiger partial charge in [-0.1, -0.05) is 11.6 Å². The zero-order chi connectivity index (χ0) is 14.7. The molecule has 3 N–H and O–H groups in total. The number of anilines is 2. The van der Waals surface area contributed by atoms with Gasteiger partial charge in [0.2, 0.25) is 17.7 Å². The minimum absolute atomic E-state index is 0.0412. The largest absolute Gasteiger partial charge is 0.397 e. The Bertz CT molecular complexity index is 558. The molecule has 0 aromatic heterocycles. The normalized spacial score (nSPS) is 14.8. The average Bonchev–Trinajstić information content (AvgIpc) is 2.70. The first-order valence-corrected chi connectivity index (χ1v) is 6.53. The molecule has 106 valence electrons. The van der Waals surface area contributed by atoms with Gasteiger partial charge in [0.25, 0.3) is 0 Å². The topological polar surface area (TPSA) is 92.5 Å². The molecule has 1 fully saturated rings. The van der Waals surface area contributed by atoms with Crippen LogP contribution >= 0.6 is 11.6 Å². The van der Waals surface area contributed by atoms with Crippen LogP contribution < -0.4 is 11.1 Å². The Morgan fingerprint density at radius 2 is 1.95 bits per heavy atom. The van der Waals surface area contributed by atoms with E-state index in [1.54, 1.807) is 12.1 Å². The lowest BCUT2D eigenvalue weighted by Gasteiger charge is -2.13. The maximum Gasteiger partial charge on any atom is 0.229 e. The Hall–Kier alpha value is -2.08. The number of amides is 3. The highest BCUT2D eigenvalue weighted by molar-refractivity contribution is 6.31. The average molecular weight is 296 g/mol. The van der Waals surface area contributed by atoms with Crippen molar-refractivity contribution in [2.24, 2.45) is 0 Å². The number of likely N-dealkylation sites (tertiary alicyclic amines) is 1. The molecule has 3 amide bonds. The molecule has 1 heterocycles. The Balaban J connectivity index is 1.89. The summed E-state index contributed by atoms with van der Waals surface area (Å²) in [5.74, 6) is -0.769. The number of hydrogen-bond acceptors (Lipinski definition) is 4. The molecule has 1 aliphatic rings. The standard InChI is InChI=1S/C13H14ClN3O3/c14-8-1-2-10(9(15)7-8)16-11(18)5-6-17-12(19)3-4-13(17)20/h1-2,7H,3-6,15H2,(H,16,18). The lowest BCUT2D eigenvalue weighted by Crippen LogP contribution is -2.32. The van der Waals surface area contributed by atoms with Crippen LogP contribution in [0.15, 0.2) is 18.2 Å². The van der Waals surface area contributed by atoms with Gasteiger partial charge in [0.05, 0.1) is 11.4 Å². The van der Waals surface area contributed by atoms with Gasteiger partial charge in [-0.05, 0) is 18.2 Å². The molecule has 2 rings (SSSR count). The van der Waals surface area contributed by atoms with Crippen molar-refractivity contribution in [2.45, 2.75) is 19.3 Å². The Morgan fingerprint density at radius 1 is 1.30 bits per heavy atom. The molecule has 6 nitrogen and oxygen atoms in total. The van der Waals surface area contributed by atoms with Crippen LogP contribution in [0.5, 0.6) is 0 Å². The third-order valence-corrected chi connectivity index (χ3v) is 3.24. The fourth-order valence-electron chi connectivity index (χ4n) is 1.95. The summed E-state index contributed by atoms with van der Waals surface area (Å²) < 4.78 is 0. The highest BCUT2D eigenvalue weighted by atomic mass is 35.5. The van der Waals surface area contributed by atoms with E-state index in [4.69, 9.17) is 17.3 Å². The molecular formula is C13H14ClN3O3. The molecule has 1 aromatic rings. The summed E-state index contributed by atoms with van der Waals surface area (Å²) in [4.78, 5) is 35.7. The van der Waals surface area contributed by atoms with E-state index in [1.807, 2.05) is 0 Å². The number of hydrogen-bond donors (Lipinski definition) is 2. The second kappa shape index (κ2) is 5.92. The summed E-state index contributed by atoms with van der Waals surface area (Å²) in [5, 5.41) is 3.10. The van der Waals surface area contributed by atoms with E-state index in [1.165, 1.54) is 6.07 Å². The Morgan fingerprint density at radius 3 is 2.55 bits per heavy atom. The maximum atomic E-state index is 11.8. The van der Waals surface area contributed by atoms with Crippen molar-refractivity contribution in [1.82, 2.24) is 4.90 Å². The third kappa shape index (κ3) is 3.27. The van der Waals surface area contributed by atoms with E-state index in [9.17, 15) is 14.4 Å². The van der Waals surface area contributed by atoms with Gasteiger partial charge >= 0.3 is 0 Å². The fraction of sp³-hybridized carbons (Fsp3) is 0.308. The number of nitrogen functional groups attached to an aromatic ring is 1. The highest BCUT2D eigenvalue weighted by Crippen LogP contribution is 2.22. The van der Waals surface area contributed by atoms with E-state index >= 15 is 0 Å². The molecule has 1 aromatic carbocycles. The van der Waals surface area contributed by atoms with Gasteiger partial charge in [0.15, 0.2) is 0 Å². The number of carbonyl (C=O) groups excluding carboxylic acids is 3. The molecule has 1 saturated heterocycles. The van der Waals surface area contributed by atoms with E-state index in [2.05, 4.69) is 5.32 Å². The quantitative estimate of drug-likeness (QED) is 0.648. The van der Waals surface area contributed by atoms with Crippen molar-refractivity contribution in [3.05, 3.63) is 23.2 Å². The fourth-order valence-corrected chi connectivity index (χ4v) is 2.13. The van der Waals surface area contributed by atoms with Crippen molar-refractivity contribution in [2.75, 3.05) is 17.6 Å². The molecule has 0 unspecified atom stereocenters. The predicted molar refractivity (Wildman–Crippen MR) is 75.1 cm³/mol. The van der Waals surface area contributed by atoms with Gasteiger partial charge < -0.3 is 11.1 Å². The van der Waals surface area contributed by atoms with Gasteiger partial charge in [-0.15, -0.1) is 0 Å². The summed E-state index contributed by atoms with van der Waals surface area (Å²) >= 11 is 5.76. The lowest BCUT2D eigenvalue weighted by atomic mass is 10.2. The molecular weight excluding hydrogens is 282 g/mol. The zero-order valence-electron chi connectivity index (χ0n) is 10.7. The highest BCUT2D eigenvalue weighted by Gasteiger charge is 2.28. The van der Waals surface area contributed by atoms with Crippen LogP contribution in [0.1, 0.15) is 19.3 Å². The number of nitrogens with two attached hydrogens (primary N) is 1. The van der Waals surface area contributed by atoms with Crippen molar-refractivity contribution in [3.8, 4) is 0 Å². The second-order valence-electron chi connectivity index (χ2n) is 4.47. The van der Waals surface area contributed by atoms with Crippen LogP contribution in [0, 0.1) is 0 Å². The van der Waals surface area contributed by atoms with Crippen LogP contribution in [0.3, 0.4) is 0 Å². The van der Waals surface area contributed by atoms with Gasteiger partial charge in [-0.2, -0.15) is 0 Å². The third-order valence-electron chi connectivity index (χ3n) is 3.01. The number of nitrogens with one attached hydrogen (secondary N) is 1. The molecule has 0 radical (unpaired) electrons. The molecule has 7 heteroatoms. The van der Waals surface area contributed by atoms with E-state index < -0.39 is 0 Å². The molecule has 0 bridgehead atoms. The van der Waals surface area contributed by atoms with Crippen LogP contribution in [0.2, 0.25) is 5.02 Å². The minimum atomic E-state index is -0.313. The number of carbonyl (C=O) groups is 3. The van der Waals surface area contributed by atoms with E-state index in [0.717, 1.165) is 4.90 Å². The Kier molecular flexibility index (Phi) is 4.24. The van der Waals surface area contributed by atoms with Crippen LogP contribution in [-0.2, 0) is 14.4 Å². The number of imide groups is 1. The van der Waals surface area contributed by atoms with Gasteiger partial charge in [0.1, 0.15) is 0 Å². The van der Waals surface area contributed by atoms with Crippen molar-refractivity contribution in [1.29, 1.82) is 0 Å². The SMILES string of the molecule is Nc1cc(Cl)ccc1NC(=O)CCN1C(=O)CCC1=O. The van der Waals surface area contributed by atoms with Gasteiger partial charge in [-0.25, -0.2) is 0 Å². The summed E-state index contributed by atoms with van der Waals surface area (Å²) in [6, 6.07) is 4.74. The van der Waals surface area contributed by atoms with Gasteiger partial charge in [0, 0.05) is 30.8 Å². The minimum Gasteiger partial charge on any atom is -0.397 e. The lowest BCUT2D eigenvalue weighted by molar-refractivity contribution is -0.138. The summed E-state index contributed by atoms with van der Waals surface area (Å²) in [5.41, 5.74) is 6.53. The number of benzene rings is 1. The maximum absolute atomic E-state index is 11.8. The van der Waals surface area contributed by atoms with Gasteiger partial charge in [-0.3, -0.25) is 19.3 Å².